The summed E-state index contributed by atoms with van der Waals surface area (Å²) in [5.74, 6) is 0.754. The summed E-state index contributed by atoms with van der Waals surface area (Å²) in [6, 6.07) is 0. The second-order valence-corrected chi connectivity index (χ2v) is 5.25. The van der Waals surface area contributed by atoms with Gasteiger partial charge in [-0.05, 0) is 24.8 Å². The fraction of sp³-hybridized carbons (Fsp3) is 0.833. The van der Waals surface area contributed by atoms with Crippen LogP contribution in [-0.4, -0.2) is 20.1 Å². The lowest BCUT2D eigenvalue weighted by atomic mass is 9.84. The van der Waals surface area contributed by atoms with Gasteiger partial charge < -0.3 is 10.6 Å². The molecule has 0 aliphatic rings. The lowest BCUT2D eigenvalue weighted by molar-refractivity contribution is 0.281. The van der Waals surface area contributed by atoms with Crippen molar-refractivity contribution in [3.05, 3.63) is 12.3 Å². The van der Waals surface area contributed by atoms with Crippen molar-refractivity contribution < 1.29 is 0 Å². The van der Waals surface area contributed by atoms with Crippen LogP contribution in [0.2, 0.25) is 0 Å². The van der Waals surface area contributed by atoms with E-state index < -0.39 is 0 Å². The van der Waals surface area contributed by atoms with Gasteiger partial charge in [0.05, 0.1) is 0 Å². The zero-order valence-electron chi connectivity index (χ0n) is 10.4. The number of hydrogen-bond acceptors (Lipinski definition) is 2. The van der Waals surface area contributed by atoms with Crippen LogP contribution in [0.3, 0.4) is 0 Å². The van der Waals surface area contributed by atoms with Crippen molar-refractivity contribution in [3.8, 4) is 0 Å². The molecule has 2 nitrogen and oxygen atoms in total. The molecule has 0 radical (unpaired) electrons. The molecule has 0 amide bonds. The zero-order chi connectivity index (χ0) is 11.2. The molecule has 0 rings (SSSR count). The van der Waals surface area contributed by atoms with E-state index >= 15 is 0 Å². The standard InChI is InChI=1S/C12H26N2/c1-10(2)7-12(4,5)9-14-11(3)8-13-6/h10,13-14H,3,7-9H2,1-2,4-6H3. The first-order valence-electron chi connectivity index (χ1n) is 5.43. The molecule has 0 spiro atoms. The van der Waals surface area contributed by atoms with Crippen LogP contribution in [-0.2, 0) is 0 Å². The fourth-order valence-corrected chi connectivity index (χ4v) is 1.82. The second kappa shape index (κ2) is 6.07. The maximum absolute atomic E-state index is 3.95. The number of hydrogen-bond donors (Lipinski definition) is 2. The Morgan fingerprint density at radius 1 is 1.36 bits per heavy atom. The van der Waals surface area contributed by atoms with Gasteiger partial charge in [-0.2, -0.15) is 0 Å². The van der Waals surface area contributed by atoms with Crippen molar-refractivity contribution >= 4 is 0 Å². The SMILES string of the molecule is C=C(CNC)NCC(C)(C)CC(C)C. The van der Waals surface area contributed by atoms with Gasteiger partial charge in [0.25, 0.3) is 0 Å². The first-order chi connectivity index (χ1) is 6.37. The molecule has 0 heterocycles. The molecule has 84 valence electrons. The Balaban J connectivity index is 3.80. The molecule has 0 aromatic rings. The Morgan fingerprint density at radius 2 is 1.93 bits per heavy atom. The molecular weight excluding hydrogens is 172 g/mol. The van der Waals surface area contributed by atoms with Crippen LogP contribution in [0.1, 0.15) is 34.1 Å². The molecule has 0 saturated heterocycles. The van der Waals surface area contributed by atoms with Crippen LogP contribution in [0.4, 0.5) is 0 Å². The molecule has 14 heavy (non-hydrogen) atoms. The lowest BCUT2D eigenvalue weighted by Crippen LogP contribution is -2.32. The monoisotopic (exact) mass is 198 g/mol. The van der Waals surface area contributed by atoms with Gasteiger partial charge in [0.1, 0.15) is 0 Å². The van der Waals surface area contributed by atoms with Crippen molar-refractivity contribution in [3.63, 3.8) is 0 Å². The highest BCUT2D eigenvalue weighted by molar-refractivity contribution is 4.94. The van der Waals surface area contributed by atoms with Crippen LogP contribution in [0.5, 0.6) is 0 Å². The molecule has 0 bridgehead atoms. The van der Waals surface area contributed by atoms with E-state index in [9.17, 15) is 0 Å². The van der Waals surface area contributed by atoms with Gasteiger partial charge in [-0.25, -0.2) is 0 Å². The van der Waals surface area contributed by atoms with Gasteiger partial charge in [-0.1, -0.05) is 34.3 Å². The third-order valence-corrected chi connectivity index (χ3v) is 2.17. The first kappa shape index (κ1) is 13.5. The Kier molecular flexibility index (Phi) is 5.86. The van der Waals surface area contributed by atoms with E-state index in [1.54, 1.807) is 0 Å². The van der Waals surface area contributed by atoms with Gasteiger partial charge >= 0.3 is 0 Å². The summed E-state index contributed by atoms with van der Waals surface area (Å²) in [5, 5.41) is 6.45. The maximum atomic E-state index is 3.95. The molecular formula is C12H26N2. The van der Waals surface area contributed by atoms with E-state index in [2.05, 4.69) is 44.9 Å². The predicted octanol–water partition coefficient (Wildman–Crippen LogP) is 2.38. The Morgan fingerprint density at radius 3 is 2.36 bits per heavy atom. The minimum atomic E-state index is 0.352. The van der Waals surface area contributed by atoms with E-state index in [1.807, 2.05) is 7.05 Å². The minimum absolute atomic E-state index is 0.352. The van der Waals surface area contributed by atoms with E-state index in [4.69, 9.17) is 0 Å². The summed E-state index contributed by atoms with van der Waals surface area (Å²) >= 11 is 0. The summed E-state index contributed by atoms with van der Waals surface area (Å²) in [4.78, 5) is 0. The van der Waals surface area contributed by atoms with Crippen LogP contribution in [0.15, 0.2) is 12.3 Å². The molecule has 2 heteroatoms. The summed E-state index contributed by atoms with van der Waals surface area (Å²) < 4.78 is 0. The molecule has 0 unspecified atom stereocenters. The molecule has 0 aliphatic heterocycles. The highest BCUT2D eigenvalue weighted by atomic mass is 14.9. The van der Waals surface area contributed by atoms with E-state index in [1.165, 1.54) is 6.42 Å². The van der Waals surface area contributed by atoms with Gasteiger partial charge in [-0.3, -0.25) is 0 Å². The molecule has 0 aromatic heterocycles. The van der Waals surface area contributed by atoms with E-state index in [-0.39, 0.29) is 0 Å². The fourth-order valence-electron chi connectivity index (χ4n) is 1.82. The van der Waals surface area contributed by atoms with Gasteiger partial charge in [0.2, 0.25) is 0 Å². The largest absolute Gasteiger partial charge is 0.387 e. The first-order valence-corrected chi connectivity index (χ1v) is 5.43. The average Bonchev–Trinajstić information content (AvgIpc) is 1.99. The molecule has 0 aromatic carbocycles. The molecule has 0 saturated carbocycles. The summed E-state index contributed by atoms with van der Waals surface area (Å²) in [6.07, 6.45) is 1.24. The van der Waals surface area contributed by atoms with Gasteiger partial charge in [-0.15, -0.1) is 0 Å². The zero-order valence-corrected chi connectivity index (χ0v) is 10.4. The summed E-state index contributed by atoms with van der Waals surface area (Å²) in [6.45, 7) is 14.9. The Hall–Kier alpha value is -0.500. The van der Waals surface area contributed by atoms with E-state index in [0.717, 1.165) is 24.7 Å². The van der Waals surface area contributed by atoms with Crippen molar-refractivity contribution in [1.82, 2.24) is 10.6 Å². The van der Waals surface area contributed by atoms with Crippen LogP contribution in [0, 0.1) is 11.3 Å². The minimum Gasteiger partial charge on any atom is -0.387 e. The molecule has 0 aliphatic carbocycles. The van der Waals surface area contributed by atoms with E-state index in [0.29, 0.717) is 5.41 Å². The smallest absolute Gasteiger partial charge is 0.0345 e. The van der Waals surface area contributed by atoms with Crippen molar-refractivity contribution in [2.45, 2.75) is 34.1 Å². The average molecular weight is 198 g/mol. The maximum Gasteiger partial charge on any atom is 0.0345 e. The predicted molar refractivity (Wildman–Crippen MR) is 64.3 cm³/mol. The Bertz CT molecular complexity index is 171. The molecule has 2 N–H and O–H groups in total. The topological polar surface area (TPSA) is 24.1 Å². The third-order valence-electron chi connectivity index (χ3n) is 2.17. The van der Waals surface area contributed by atoms with Crippen molar-refractivity contribution in [1.29, 1.82) is 0 Å². The molecule has 0 atom stereocenters. The Labute approximate surface area is 89.2 Å². The summed E-state index contributed by atoms with van der Waals surface area (Å²) in [7, 11) is 1.94. The highest BCUT2D eigenvalue weighted by Crippen LogP contribution is 2.24. The van der Waals surface area contributed by atoms with Gasteiger partial charge in [0.15, 0.2) is 0 Å². The molecule has 0 fully saturated rings. The lowest BCUT2D eigenvalue weighted by Gasteiger charge is -2.28. The quantitative estimate of drug-likeness (QED) is 0.656. The second-order valence-electron chi connectivity index (χ2n) is 5.25. The van der Waals surface area contributed by atoms with Crippen LogP contribution >= 0.6 is 0 Å². The van der Waals surface area contributed by atoms with Crippen LogP contribution < -0.4 is 10.6 Å². The summed E-state index contributed by atoms with van der Waals surface area (Å²) in [5.41, 5.74) is 1.43. The highest BCUT2D eigenvalue weighted by Gasteiger charge is 2.18. The number of rotatable bonds is 7. The van der Waals surface area contributed by atoms with Crippen molar-refractivity contribution in [2.24, 2.45) is 11.3 Å². The van der Waals surface area contributed by atoms with Gasteiger partial charge in [0, 0.05) is 18.8 Å². The number of likely N-dealkylation sites (N-methyl/N-ethyl adjacent to an activating group) is 1. The van der Waals surface area contributed by atoms with Crippen molar-refractivity contribution in [2.75, 3.05) is 20.1 Å². The normalized spacial score (nSPS) is 11.9. The third kappa shape index (κ3) is 6.96. The van der Waals surface area contributed by atoms with Crippen LogP contribution in [0.25, 0.3) is 0 Å². The number of nitrogens with one attached hydrogen (secondary N) is 2.